The predicted octanol–water partition coefficient (Wildman–Crippen LogP) is 7.05. The Morgan fingerprint density at radius 2 is 2.00 bits per heavy atom. The first kappa shape index (κ1) is 24.5. The molecule has 2 aromatic carbocycles. The Kier molecular flexibility index (Phi) is 7.48. The molecule has 1 N–H and O–H groups in total. The quantitative estimate of drug-likeness (QED) is 0.158. The van der Waals surface area contributed by atoms with Crippen LogP contribution in [0.25, 0.3) is 21.3 Å². The zero-order valence-corrected chi connectivity index (χ0v) is 21.6. The van der Waals surface area contributed by atoms with Gasteiger partial charge in [0.2, 0.25) is 5.91 Å². The molecule has 0 aliphatic rings. The average Bonchev–Trinajstić information content (AvgIpc) is 3.23. The van der Waals surface area contributed by atoms with Gasteiger partial charge in [-0.1, -0.05) is 70.9 Å². The van der Waals surface area contributed by atoms with E-state index in [-0.39, 0.29) is 18.0 Å². The molecule has 34 heavy (non-hydrogen) atoms. The largest absolute Gasteiger partial charge is 0.324 e. The van der Waals surface area contributed by atoms with Gasteiger partial charge in [0.05, 0.1) is 21.3 Å². The summed E-state index contributed by atoms with van der Waals surface area (Å²) in [4.78, 5) is 31.8. The zero-order valence-electron chi connectivity index (χ0n) is 18.5. The first-order chi connectivity index (χ1) is 16.3. The normalized spacial score (nSPS) is 12.0. The molecular weight excluding hydrogens is 509 g/mol. The summed E-state index contributed by atoms with van der Waals surface area (Å²) in [7, 11) is 0. The number of thioether (sulfide) groups is 1. The molecule has 2 aromatic heterocycles. The fraction of sp³-hybridized carbons (Fsp3) is 0.160. The van der Waals surface area contributed by atoms with E-state index in [0.717, 1.165) is 16.7 Å². The molecule has 0 saturated carbocycles. The second kappa shape index (κ2) is 10.4. The predicted molar refractivity (Wildman–Crippen MR) is 145 cm³/mol. The topological polar surface area (TPSA) is 64.0 Å². The van der Waals surface area contributed by atoms with Crippen molar-refractivity contribution in [1.29, 1.82) is 0 Å². The van der Waals surface area contributed by atoms with Crippen LogP contribution in [0, 0.1) is 6.92 Å². The monoisotopic (exact) mass is 529 g/mol. The Morgan fingerprint density at radius 3 is 2.71 bits per heavy atom. The van der Waals surface area contributed by atoms with Gasteiger partial charge < -0.3 is 5.32 Å². The van der Waals surface area contributed by atoms with E-state index in [0.29, 0.717) is 31.1 Å². The van der Waals surface area contributed by atoms with Gasteiger partial charge in [0.1, 0.15) is 4.83 Å². The molecule has 0 fully saturated rings. The molecular formula is C25H21Cl2N3O2S2. The molecule has 174 valence electrons. The number of nitrogens with one attached hydrogen (secondary N) is 1. The Hall–Kier alpha value is -2.58. The molecule has 1 unspecified atom stereocenters. The van der Waals surface area contributed by atoms with Crippen LogP contribution in [0.2, 0.25) is 10.0 Å². The number of anilines is 1. The van der Waals surface area contributed by atoms with Crippen LogP contribution in [0.5, 0.6) is 0 Å². The van der Waals surface area contributed by atoms with Crippen LogP contribution in [0.4, 0.5) is 5.69 Å². The summed E-state index contributed by atoms with van der Waals surface area (Å²) in [6.45, 7) is 7.84. The molecule has 2 heterocycles. The summed E-state index contributed by atoms with van der Waals surface area (Å²) in [5.74, 6) is -0.278. The van der Waals surface area contributed by atoms with Gasteiger partial charge in [0.15, 0.2) is 5.16 Å². The van der Waals surface area contributed by atoms with Crippen molar-refractivity contribution in [2.45, 2.75) is 30.8 Å². The van der Waals surface area contributed by atoms with Crippen molar-refractivity contribution in [2.75, 3.05) is 5.32 Å². The Bertz CT molecular complexity index is 1450. The minimum atomic E-state index is -0.549. The molecule has 4 rings (SSSR count). The molecule has 9 heteroatoms. The fourth-order valence-corrected chi connectivity index (χ4v) is 5.61. The summed E-state index contributed by atoms with van der Waals surface area (Å²) in [6.07, 6.45) is 1.65. The summed E-state index contributed by atoms with van der Waals surface area (Å²) in [6, 6.07) is 12.9. The van der Waals surface area contributed by atoms with Crippen LogP contribution in [-0.4, -0.2) is 20.7 Å². The fourth-order valence-electron chi connectivity index (χ4n) is 3.37. The van der Waals surface area contributed by atoms with Gasteiger partial charge in [0.25, 0.3) is 5.56 Å². The number of aryl methyl sites for hydroxylation is 1. The maximum Gasteiger partial charge on any atom is 0.263 e. The Labute approximate surface area is 215 Å². The van der Waals surface area contributed by atoms with Crippen LogP contribution < -0.4 is 10.9 Å². The van der Waals surface area contributed by atoms with Gasteiger partial charge in [-0.3, -0.25) is 14.2 Å². The zero-order chi connectivity index (χ0) is 24.4. The van der Waals surface area contributed by atoms with Crippen molar-refractivity contribution in [2.24, 2.45) is 0 Å². The highest BCUT2D eigenvalue weighted by atomic mass is 35.5. The van der Waals surface area contributed by atoms with E-state index in [9.17, 15) is 9.59 Å². The maximum atomic E-state index is 13.5. The molecule has 0 aliphatic heterocycles. The van der Waals surface area contributed by atoms with Gasteiger partial charge in [-0.25, -0.2) is 4.98 Å². The number of allylic oxidation sites excluding steroid dienone is 1. The van der Waals surface area contributed by atoms with Crippen molar-refractivity contribution in [1.82, 2.24) is 9.55 Å². The van der Waals surface area contributed by atoms with Crippen molar-refractivity contribution in [3.05, 3.63) is 86.5 Å². The lowest BCUT2D eigenvalue weighted by atomic mass is 10.1. The number of thiophene rings is 1. The van der Waals surface area contributed by atoms with Crippen LogP contribution >= 0.6 is 46.3 Å². The highest BCUT2D eigenvalue weighted by Crippen LogP contribution is 2.33. The second-order valence-electron chi connectivity index (χ2n) is 7.67. The average molecular weight is 531 g/mol. The van der Waals surface area contributed by atoms with E-state index in [4.69, 9.17) is 28.2 Å². The Balaban J connectivity index is 1.68. The van der Waals surface area contributed by atoms with E-state index in [1.807, 2.05) is 36.6 Å². The third-order valence-electron chi connectivity index (χ3n) is 5.17. The molecule has 0 spiro atoms. The second-order valence-corrected chi connectivity index (χ2v) is 10.7. The first-order valence-electron chi connectivity index (χ1n) is 10.4. The number of halogens is 2. The number of amides is 1. The van der Waals surface area contributed by atoms with E-state index in [1.165, 1.54) is 23.1 Å². The number of benzene rings is 2. The van der Waals surface area contributed by atoms with E-state index >= 15 is 0 Å². The van der Waals surface area contributed by atoms with Crippen molar-refractivity contribution in [3.63, 3.8) is 0 Å². The molecule has 0 saturated heterocycles. The van der Waals surface area contributed by atoms with Crippen LogP contribution in [0.3, 0.4) is 0 Å². The van der Waals surface area contributed by atoms with Crippen molar-refractivity contribution >= 4 is 68.1 Å². The number of hydrogen-bond acceptors (Lipinski definition) is 5. The van der Waals surface area contributed by atoms with Crippen molar-refractivity contribution < 1.29 is 4.79 Å². The molecule has 0 radical (unpaired) electrons. The van der Waals surface area contributed by atoms with E-state index in [1.54, 1.807) is 35.8 Å². The van der Waals surface area contributed by atoms with Gasteiger partial charge in [-0.15, -0.1) is 17.9 Å². The molecule has 0 aliphatic carbocycles. The van der Waals surface area contributed by atoms with Crippen LogP contribution in [-0.2, 0) is 11.3 Å². The molecule has 0 bridgehead atoms. The number of aromatic nitrogens is 2. The minimum Gasteiger partial charge on any atom is -0.324 e. The lowest BCUT2D eigenvalue weighted by Gasteiger charge is -2.15. The lowest BCUT2D eigenvalue weighted by Crippen LogP contribution is -2.26. The van der Waals surface area contributed by atoms with E-state index in [2.05, 4.69) is 11.9 Å². The van der Waals surface area contributed by atoms with Gasteiger partial charge >= 0.3 is 0 Å². The molecule has 5 nitrogen and oxygen atoms in total. The van der Waals surface area contributed by atoms with Gasteiger partial charge in [-0.05, 0) is 37.6 Å². The van der Waals surface area contributed by atoms with Gasteiger partial charge in [0, 0.05) is 22.5 Å². The first-order valence-corrected chi connectivity index (χ1v) is 12.9. The minimum absolute atomic E-state index is 0.158. The van der Waals surface area contributed by atoms with Crippen molar-refractivity contribution in [3.8, 4) is 11.1 Å². The summed E-state index contributed by atoms with van der Waals surface area (Å²) >= 11 is 14.8. The molecule has 1 amide bonds. The van der Waals surface area contributed by atoms with Crippen LogP contribution in [0.15, 0.2) is 70.5 Å². The lowest BCUT2D eigenvalue weighted by molar-refractivity contribution is -0.115. The number of hydrogen-bond donors (Lipinski definition) is 1. The molecule has 1 atom stereocenters. The van der Waals surface area contributed by atoms with Crippen LogP contribution in [0.1, 0.15) is 12.5 Å². The third-order valence-corrected chi connectivity index (χ3v) is 7.70. The van der Waals surface area contributed by atoms with E-state index < -0.39 is 5.25 Å². The number of fused-ring (bicyclic) bond motifs is 1. The Morgan fingerprint density at radius 1 is 1.26 bits per heavy atom. The number of nitrogens with zero attached hydrogens (tertiary/aromatic N) is 2. The summed E-state index contributed by atoms with van der Waals surface area (Å²) in [5.41, 5.74) is 3.24. The standard InChI is InChI=1S/C25H21Cl2N3O2S2/c1-4-11-30-24(32)21-18(16-7-5-14(2)6-8-16)13-33-23(21)29-25(30)34-15(3)22(31)28-20-12-17(26)9-10-19(20)27/h4-10,12-13,15H,1,11H2,2-3H3,(H,28,31). The highest BCUT2D eigenvalue weighted by molar-refractivity contribution is 8.00. The summed E-state index contributed by atoms with van der Waals surface area (Å²) in [5, 5.41) is 6.08. The maximum absolute atomic E-state index is 13.5. The summed E-state index contributed by atoms with van der Waals surface area (Å²) < 4.78 is 1.56. The highest BCUT2D eigenvalue weighted by Gasteiger charge is 2.22. The molecule has 4 aromatic rings. The number of carbonyl (C=O) groups is 1. The van der Waals surface area contributed by atoms with Gasteiger partial charge in [-0.2, -0.15) is 0 Å². The number of carbonyl (C=O) groups excluding carboxylic acids is 1. The smallest absolute Gasteiger partial charge is 0.263 e. The number of rotatable bonds is 7. The SMILES string of the molecule is C=CCn1c(SC(C)C(=O)Nc2cc(Cl)ccc2Cl)nc2scc(-c3ccc(C)cc3)c2c1=O. The third kappa shape index (κ3) is 5.08.